The van der Waals surface area contributed by atoms with E-state index in [2.05, 4.69) is 29.3 Å². The van der Waals surface area contributed by atoms with Crippen LogP contribution < -0.4 is 5.32 Å². The van der Waals surface area contributed by atoms with Gasteiger partial charge in [0.1, 0.15) is 5.82 Å². The van der Waals surface area contributed by atoms with Gasteiger partial charge in [-0.3, -0.25) is 4.79 Å². The average Bonchev–Trinajstić information content (AvgIpc) is 3.08. The van der Waals surface area contributed by atoms with Crippen molar-refractivity contribution in [1.29, 1.82) is 0 Å². The molecule has 0 radical (unpaired) electrons. The highest BCUT2D eigenvalue weighted by Crippen LogP contribution is 2.25. The van der Waals surface area contributed by atoms with Gasteiger partial charge in [-0.05, 0) is 19.8 Å². The van der Waals surface area contributed by atoms with E-state index >= 15 is 0 Å². The summed E-state index contributed by atoms with van der Waals surface area (Å²) in [4.78, 5) is 21.5. The summed E-state index contributed by atoms with van der Waals surface area (Å²) in [5, 5.41) is 7.05. The summed E-state index contributed by atoms with van der Waals surface area (Å²) in [5.41, 5.74) is 2.56. The molecule has 1 N–H and O–H groups in total. The van der Waals surface area contributed by atoms with E-state index in [1.165, 1.54) is 6.42 Å². The topological polar surface area (TPSA) is 80.9 Å². The molecule has 0 bridgehead atoms. The fraction of sp³-hybridized carbons (Fsp3) is 0.600. The summed E-state index contributed by atoms with van der Waals surface area (Å²) in [5.74, 6) is 2.08. The minimum Gasteiger partial charge on any atom is -0.356 e. The largest absolute Gasteiger partial charge is 0.356 e. The summed E-state index contributed by atoms with van der Waals surface area (Å²) in [6.07, 6.45) is 8.06. The summed E-state index contributed by atoms with van der Waals surface area (Å²) in [7, 11) is 0. The number of aromatic nitrogens is 3. The van der Waals surface area contributed by atoms with Crippen molar-refractivity contribution < 1.29 is 9.32 Å². The molecule has 0 unspecified atom stereocenters. The third-order valence-electron chi connectivity index (χ3n) is 4.93. The number of nitrogens with one attached hydrogen (secondary N) is 1. The molecule has 26 heavy (non-hydrogen) atoms. The Morgan fingerprint density at radius 2 is 2.08 bits per heavy atom. The number of aryl methyl sites for hydroxylation is 1. The second kappa shape index (κ2) is 8.43. The molecule has 1 aliphatic rings. The van der Waals surface area contributed by atoms with Crippen LogP contribution in [0.2, 0.25) is 0 Å². The van der Waals surface area contributed by atoms with Crippen molar-refractivity contribution in [3.63, 3.8) is 0 Å². The van der Waals surface area contributed by atoms with E-state index in [0.29, 0.717) is 18.7 Å². The number of carbonyl (C=O) groups is 1. The van der Waals surface area contributed by atoms with E-state index in [4.69, 9.17) is 9.51 Å². The third kappa shape index (κ3) is 4.48. The summed E-state index contributed by atoms with van der Waals surface area (Å²) in [6, 6.07) is 1.89. The van der Waals surface area contributed by atoms with Crippen molar-refractivity contribution in [3.8, 4) is 11.3 Å². The van der Waals surface area contributed by atoms with Gasteiger partial charge in [0, 0.05) is 37.1 Å². The standard InChI is InChI=1S/C20H28N4O2/c1-13(2)19-22-12-16(18-11-14(3)24-26-18)17(23-19)9-10-21-20(25)15-7-5-4-6-8-15/h11-13,15H,4-10H2,1-3H3,(H,21,25). The smallest absolute Gasteiger partial charge is 0.223 e. The lowest BCUT2D eigenvalue weighted by Gasteiger charge is -2.20. The lowest BCUT2D eigenvalue weighted by Crippen LogP contribution is -2.33. The maximum absolute atomic E-state index is 12.3. The second-order valence-corrected chi connectivity index (χ2v) is 7.45. The molecule has 2 aromatic heterocycles. The first-order valence-corrected chi connectivity index (χ1v) is 9.62. The quantitative estimate of drug-likeness (QED) is 0.851. The molecule has 0 atom stereocenters. The number of amides is 1. The van der Waals surface area contributed by atoms with Crippen LogP contribution in [0.4, 0.5) is 0 Å². The molecular weight excluding hydrogens is 328 g/mol. The van der Waals surface area contributed by atoms with Crippen LogP contribution in [-0.2, 0) is 11.2 Å². The van der Waals surface area contributed by atoms with Crippen molar-refractivity contribution in [2.45, 2.75) is 65.2 Å². The van der Waals surface area contributed by atoms with Gasteiger partial charge < -0.3 is 9.84 Å². The van der Waals surface area contributed by atoms with Crippen LogP contribution in [0, 0.1) is 12.8 Å². The molecule has 6 nitrogen and oxygen atoms in total. The minimum atomic E-state index is 0.178. The van der Waals surface area contributed by atoms with Crippen molar-refractivity contribution in [2.75, 3.05) is 6.54 Å². The Morgan fingerprint density at radius 3 is 2.73 bits per heavy atom. The van der Waals surface area contributed by atoms with Crippen molar-refractivity contribution in [2.24, 2.45) is 5.92 Å². The van der Waals surface area contributed by atoms with Crippen LogP contribution in [-0.4, -0.2) is 27.6 Å². The predicted molar refractivity (Wildman–Crippen MR) is 99.6 cm³/mol. The molecule has 2 aromatic rings. The normalized spacial score (nSPS) is 15.4. The molecule has 140 valence electrons. The van der Waals surface area contributed by atoms with Gasteiger partial charge in [0.2, 0.25) is 5.91 Å². The number of carbonyl (C=O) groups excluding carboxylic acids is 1. The molecule has 0 spiro atoms. The molecule has 2 heterocycles. The molecule has 6 heteroatoms. The van der Waals surface area contributed by atoms with Crippen LogP contribution in [0.5, 0.6) is 0 Å². The van der Waals surface area contributed by atoms with Crippen LogP contribution in [0.1, 0.15) is 69.1 Å². The van der Waals surface area contributed by atoms with Gasteiger partial charge in [-0.25, -0.2) is 9.97 Å². The Labute approximate surface area is 154 Å². The molecule has 0 aromatic carbocycles. The van der Waals surface area contributed by atoms with E-state index in [9.17, 15) is 4.79 Å². The van der Waals surface area contributed by atoms with E-state index in [1.54, 1.807) is 6.20 Å². The van der Waals surface area contributed by atoms with Gasteiger partial charge in [-0.2, -0.15) is 0 Å². The number of hydrogen-bond donors (Lipinski definition) is 1. The zero-order valence-corrected chi connectivity index (χ0v) is 15.9. The second-order valence-electron chi connectivity index (χ2n) is 7.45. The van der Waals surface area contributed by atoms with E-state index in [0.717, 1.165) is 48.5 Å². The van der Waals surface area contributed by atoms with Gasteiger partial charge in [0.25, 0.3) is 0 Å². The summed E-state index contributed by atoms with van der Waals surface area (Å²) < 4.78 is 5.40. The molecule has 0 saturated heterocycles. The summed E-state index contributed by atoms with van der Waals surface area (Å²) in [6.45, 7) is 6.61. The molecule has 1 saturated carbocycles. The van der Waals surface area contributed by atoms with Gasteiger partial charge in [0.15, 0.2) is 5.76 Å². The number of rotatable bonds is 6. The molecule has 1 aliphatic carbocycles. The van der Waals surface area contributed by atoms with Crippen LogP contribution >= 0.6 is 0 Å². The SMILES string of the molecule is Cc1cc(-c2cnc(C(C)C)nc2CCNC(=O)C2CCCCC2)on1. The minimum absolute atomic E-state index is 0.178. The van der Waals surface area contributed by atoms with E-state index in [1.807, 2.05) is 13.0 Å². The lowest BCUT2D eigenvalue weighted by atomic mass is 9.88. The Kier molecular flexibility index (Phi) is 6.01. The van der Waals surface area contributed by atoms with E-state index < -0.39 is 0 Å². The first kappa shape index (κ1) is 18.5. The van der Waals surface area contributed by atoms with Crippen LogP contribution in [0.15, 0.2) is 16.8 Å². The zero-order valence-electron chi connectivity index (χ0n) is 15.9. The molecule has 1 fully saturated rings. The number of nitrogens with zero attached hydrogens (tertiary/aromatic N) is 3. The molecular formula is C20H28N4O2. The summed E-state index contributed by atoms with van der Waals surface area (Å²) >= 11 is 0. The first-order chi connectivity index (χ1) is 12.5. The highest BCUT2D eigenvalue weighted by atomic mass is 16.5. The Balaban J connectivity index is 1.70. The van der Waals surface area contributed by atoms with Crippen LogP contribution in [0.25, 0.3) is 11.3 Å². The zero-order chi connectivity index (χ0) is 18.5. The van der Waals surface area contributed by atoms with Gasteiger partial charge in [0.05, 0.1) is 17.0 Å². The lowest BCUT2D eigenvalue weighted by molar-refractivity contribution is -0.125. The fourth-order valence-electron chi connectivity index (χ4n) is 3.41. The van der Waals surface area contributed by atoms with Crippen molar-refractivity contribution in [3.05, 3.63) is 29.5 Å². The third-order valence-corrected chi connectivity index (χ3v) is 4.93. The number of hydrogen-bond acceptors (Lipinski definition) is 5. The van der Waals surface area contributed by atoms with Gasteiger partial charge >= 0.3 is 0 Å². The predicted octanol–water partition coefficient (Wildman–Crippen LogP) is 3.80. The molecule has 0 aliphatic heterocycles. The monoisotopic (exact) mass is 356 g/mol. The maximum atomic E-state index is 12.3. The fourth-order valence-corrected chi connectivity index (χ4v) is 3.41. The maximum Gasteiger partial charge on any atom is 0.223 e. The van der Waals surface area contributed by atoms with Crippen molar-refractivity contribution in [1.82, 2.24) is 20.4 Å². The highest BCUT2D eigenvalue weighted by Gasteiger charge is 2.21. The van der Waals surface area contributed by atoms with Gasteiger partial charge in [-0.1, -0.05) is 38.3 Å². The first-order valence-electron chi connectivity index (χ1n) is 9.62. The molecule has 3 rings (SSSR count). The Hall–Kier alpha value is -2.24. The Bertz CT molecular complexity index is 748. The Morgan fingerprint density at radius 1 is 1.31 bits per heavy atom. The van der Waals surface area contributed by atoms with Gasteiger partial charge in [-0.15, -0.1) is 0 Å². The average molecular weight is 356 g/mol. The van der Waals surface area contributed by atoms with Crippen LogP contribution in [0.3, 0.4) is 0 Å². The highest BCUT2D eigenvalue weighted by molar-refractivity contribution is 5.78. The molecule has 1 amide bonds. The van der Waals surface area contributed by atoms with E-state index in [-0.39, 0.29) is 17.7 Å². The van der Waals surface area contributed by atoms with Crippen molar-refractivity contribution >= 4 is 5.91 Å².